The van der Waals surface area contributed by atoms with Crippen molar-refractivity contribution < 1.29 is 8.78 Å². The largest absolute Gasteiger partial charge is 0.340 e. The van der Waals surface area contributed by atoms with E-state index in [-0.39, 0.29) is 29.7 Å². The molecule has 1 aliphatic heterocycles. The first-order chi connectivity index (χ1) is 7.90. The van der Waals surface area contributed by atoms with Crippen LogP contribution >= 0.6 is 23.2 Å². The molecule has 17 heavy (non-hydrogen) atoms. The number of rotatable bonds is 1. The molecule has 1 saturated heterocycles. The second kappa shape index (κ2) is 4.53. The van der Waals surface area contributed by atoms with E-state index in [4.69, 9.17) is 23.2 Å². The zero-order valence-corrected chi connectivity index (χ0v) is 10.6. The number of hydrogen-bond donors (Lipinski definition) is 0. The Hall–Kier alpha value is -0.680. The van der Waals surface area contributed by atoms with Crippen molar-refractivity contribution in [1.29, 1.82) is 0 Å². The maximum absolute atomic E-state index is 13.3. The Morgan fingerprint density at radius 3 is 2.76 bits per heavy atom. The second-order valence-electron chi connectivity index (χ2n) is 4.17. The summed E-state index contributed by atoms with van der Waals surface area (Å²) in [5, 5.41) is 0.396. The van der Waals surface area contributed by atoms with Crippen LogP contribution in [0.1, 0.15) is 13.3 Å². The van der Waals surface area contributed by atoms with Crippen LogP contribution in [0.2, 0.25) is 10.2 Å². The summed E-state index contributed by atoms with van der Waals surface area (Å²) in [7, 11) is 0. The van der Waals surface area contributed by atoms with Gasteiger partial charge in [-0.2, -0.15) is 4.98 Å². The molecule has 0 radical (unpaired) electrons. The summed E-state index contributed by atoms with van der Waals surface area (Å²) in [6.45, 7) is 1.95. The van der Waals surface area contributed by atoms with Gasteiger partial charge in [-0.25, -0.2) is 13.8 Å². The summed E-state index contributed by atoms with van der Waals surface area (Å²) in [6, 6.07) is 0. The highest BCUT2D eigenvalue weighted by Gasteiger charge is 2.41. The molecule has 0 aliphatic carbocycles. The Kier molecular flexibility index (Phi) is 3.41. The van der Waals surface area contributed by atoms with Crippen molar-refractivity contribution in [1.82, 2.24) is 9.97 Å². The van der Waals surface area contributed by atoms with Gasteiger partial charge in [0.1, 0.15) is 0 Å². The molecule has 1 aliphatic rings. The molecular formula is C10H11Cl2F2N3. The zero-order chi connectivity index (χ0) is 12.6. The summed E-state index contributed by atoms with van der Waals surface area (Å²) in [4.78, 5) is 9.68. The van der Waals surface area contributed by atoms with E-state index in [0.717, 1.165) is 0 Å². The minimum Gasteiger partial charge on any atom is -0.340 e. The number of hydrogen-bond acceptors (Lipinski definition) is 3. The Morgan fingerprint density at radius 2 is 2.18 bits per heavy atom. The molecule has 7 heteroatoms. The molecule has 0 saturated carbocycles. The van der Waals surface area contributed by atoms with E-state index in [2.05, 4.69) is 9.97 Å². The first-order valence-corrected chi connectivity index (χ1v) is 5.96. The van der Waals surface area contributed by atoms with Crippen LogP contribution < -0.4 is 4.90 Å². The highest BCUT2D eigenvalue weighted by atomic mass is 35.5. The van der Waals surface area contributed by atoms with Crippen LogP contribution in [0.3, 0.4) is 0 Å². The number of aromatic nitrogens is 2. The van der Waals surface area contributed by atoms with Crippen LogP contribution in [-0.4, -0.2) is 29.0 Å². The summed E-state index contributed by atoms with van der Waals surface area (Å²) in [5.74, 6) is -3.00. The Labute approximate surface area is 108 Å². The molecule has 94 valence electrons. The molecule has 0 amide bonds. The van der Waals surface area contributed by atoms with Crippen LogP contribution in [0, 0.1) is 5.92 Å². The second-order valence-corrected chi connectivity index (χ2v) is 4.93. The predicted molar refractivity (Wildman–Crippen MR) is 63.0 cm³/mol. The first kappa shape index (κ1) is 12.8. The molecule has 2 heterocycles. The quantitative estimate of drug-likeness (QED) is 0.740. The normalized spacial score (nSPS) is 23.8. The van der Waals surface area contributed by atoms with Crippen molar-refractivity contribution in [2.45, 2.75) is 19.3 Å². The number of anilines is 1. The molecule has 0 N–H and O–H groups in total. The number of piperidine rings is 1. The number of halogens is 4. The van der Waals surface area contributed by atoms with Crippen molar-refractivity contribution in [3.63, 3.8) is 0 Å². The van der Waals surface area contributed by atoms with Gasteiger partial charge in [0.25, 0.3) is 5.92 Å². The summed E-state index contributed by atoms with van der Waals surface area (Å²) in [6.07, 6.45) is 1.18. The average molecular weight is 282 g/mol. The summed E-state index contributed by atoms with van der Waals surface area (Å²) in [5.41, 5.74) is 0. The van der Waals surface area contributed by atoms with Gasteiger partial charge in [-0.1, -0.05) is 30.1 Å². The molecule has 0 spiro atoms. The van der Waals surface area contributed by atoms with Gasteiger partial charge in [-0.3, -0.25) is 0 Å². The van der Waals surface area contributed by atoms with E-state index in [1.54, 1.807) is 4.90 Å². The Bertz CT molecular complexity index is 428. The minimum absolute atomic E-state index is 0.140. The molecule has 0 unspecified atom stereocenters. The van der Waals surface area contributed by atoms with E-state index in [1.807, 2.05) is 0 Å². The van der Waals surface area contributed by atoms with Gasteiger partial charge in [0.2, 0.25) is 5.95 Å². The highest BCUT2D eigenvalue weighted by molar-refractivity contribution is 6.41. The van der Waals surface area contributed by atoms with Crippen LogP contribution in [0.15, 0.2) is 6.20 Å². The fourth-order valence-electron chi connectivity index (χ4n) is 1.76. The third kappa shape index (κ3) is 2.60. The smallest absolute Gasteiger partial charge is 0.254 e. The zero-order valence-electron chi connectivity index (χ0n) is 9.13. The van der Waals surface area contributed by atoms with Crippen molar-refractivity contribution >= 4 is 29.2 Å². The first-order valence-electron chi connectivity index (χ1n) is 5.21. The maximum Gasteiger partial charge on any atom is 0.254 e. The van der Waals surface area contributed by atoms with Gasteiger partial charge in [-0.15, -0.1) is 0 Å². The van der Waals surface area contributed by atoms with E-state index in [1.165, 1.54) is 13.1 Å². The van der Waals surface area contributed by atoms with Gasteiger partial charge in [0, 0.05) is 25.4 Å². The van der Waals surface area contributed by atoms with Gasteiger partial charge >= 0.3 is 0 Å². The van der Waals surface area contributed by atoms with Gasteiger partial charge in [0.15, 0.2) is 5.15 Å². The molecule has 0 bridgehead atoms. The molecular weight excluding hydrogens is 271 g/mol. The third-order valence-electron chi connectivity index (χ3n) is 2.90. The molecule has 1 aromatic heterocycles. The average Bonchev–Trinajstić information content (AvgIpc) is 2.26. The topological polar surface area (TPSA) is 29.0 Å². The van der Waals surface area contributed by atoms with Crippen LogP contribution in [0.5, 0.6) is 0 Å². The lowest BCUT2D eigenvalue weighted by molar-refractivity contribution is -0.0653. The monoisotopic (exact) mass is 281 g/mol. The number of nitrogens with zero attached hydrogens (tertiary/aromatic N) is 3. The van der Waals surface area contributed by atoms with Crippen molar-refractivity contribution in [2.75, 3.05) is 18.0 Å². The lowest BCUT2D eigenvalue weighted by Gasteiger charge is -2.36. The van der Waals surface area contributed by atoms with E-state index < -0.39 is 11.8 Å². The maximum atomic E-state index is 13.3. The fourth-order valence-corrected chi connectivity index (χ4v) is 1.97. The molecule has 3 nitrogen and oxygen atoms in total. The van der Waals surface area contributed by atoms with Gasteiger partial charge < -0.3 is 4.90 Å². The van der Waals surface area contributed by atoms with Crippen LogP contribution in [0.25, 0.3) is 0 Å². The summed E-state index contributed by atoms with van der Waals surface area (Å²) >= 11 is 11.5. The van der Waals surface area contributed by atoms with E-state index in [0.29, 0.717) is 5.95 Å². The molecule has 1 fully saturated rings. The number of alkyl halides is 2. The Morgan fingerprint density at radius 1 is 1.47 bits per heavy atom. The molecule has 0 aromatic carbocycles. The van der Waals surface area contributed by atoms with Crippen LogP contribution in [0.4, 0.5) is 14.7 Å². The van der Waals surface area contributed by atoms with E-state index >= 15 is 0 Å². The van der Waals surface area contributed by atoms with Gasteiger partial charge in [-0.05, 0) is 0 Å². The highest BCUT2D eigenvalue weighted by Crippen LogP contribution is 2.34. The third-order valence-corrected chi connectivity index (χ3v) is 3.56. The minimum atomic E-state index is -2.62. The fraction of sp³-hybridized carbons (Fsp3) is 0.600. The lowest BCUT2D eigenvalue weighted by atomic mass is 9.96. The Balaban J connectivity index is 2.17. The van der Waals surface area contributed by atoms with Gasteiger partial charge in [0.05, 0.1) is 11.2 Å². The molecule has 1 atom stereocenters. The van der Waals surface area contributed by atoms with E-state index in [9.17, 15) is 8.78 Å². The predicted octanol–water partition coefficient (Wildman–Crippen LogP) is 3.26. The summed E-state index contributed by atoms with van der Waals surface area (Å²) < 4.78 is 26.6. The SMILES string of the molecule is C[C@@H]1CN(c2ncc(Cl)c(Cl)n2)CCC1(F)F. The standard InChI is InChI=1S/C10H11Cl2F2N3/c1-6-5-17(3-2-10(6,13)14)9-15-4-7(11)8(12)16-9/h4,6H,2-3,5H2,1H3/t6-/m1/s1. The lowest BCUT2D eigenvalue weighted by Crippen LogP contribution is -2.46. The molecule has 1 aromatic rings. The van der Waals surface area contributed by atoms with Crippen molar-refractivity contribution in [3.8, 4) is 0 Å². The van der Waals surface area contributed by atoms with Crippen molar-refractivity contribution in [3.05, 3.63) is 16.4 Å². The van der Waals surface area contributed by atoms with Crippen molar-refractivity contribution in [2.24, 2.45) is 5.92 Å². The molecule has 2 rings (SSSR count). The van der Waals surface area contributed by atoms with Crippen LogP contribution in [-0.2, 0) is 0 Å².